The minimum Gasteiger partial charge on any atom is -0.209 e. The standard InChI is InChI=1S/CFNO.H3P/c2-3-1-4;/h;1H3. The van der Waals surface area contributed by atoms with Gasteiger partial charge in [0, 0.05) is 5.21 Å². The van der Waals surface area contributed by atoms with E-state index in [0.29, 0.717) is 6.08 Å². The van der Waals surface area contributed by atoms with Gasteiger partial charge in [-0.1, -0.05) is 4.48 Å². The molecule has 0 aliphatic carbocycles. The Kier molecular flexibility index (Phi) is 16.4. The molecule has 0 saturated carbocycles. The fraction of sp³-hybridized carbons (Fsp3) is 0. The maximum atomic E-state index is 9.92. The zero-order valence-corrected chi connectivity index (χ0v) is 3.85. The van der Waals surface area contributed by atoms with Crippen molar-refractivity contribution in [1.29, 1.82) is 0 Å². The van der Waals surface area contributed by atoms with Crippen molar-refractivity contribution in [3.8, 4) is 0 Å². The quantitative estimate of drug-likeness (QED) is 0.241. The zero-order chi connectivity index (χ0) is 3.41. The Labute approximate surface area is 31.6 Å². The molecule has 0 N–H and O–H groups in total. The molecular weight excluding hydrogens is 92.0 g/mol. The molecule has 1 atom stereocenters. The predicted molar refractivity (Wildman–Crippen MR) is 20.3 cm³/mol. The highest BCUT2D eigenvalue weighted by atomic mass is 31.0. The first-order valence-electron chi connectivity index (χ1n) is 0.597. The van der Waals surface area contributed by atoms with Crippen LogP contribution in [0.3, 0.4) is 0 Å². The van der Waals surface area contributed by atoms with Crippen molar-refractivity contribution in [3.63, 3.8) is 0 Å². The van der Waals surface area contributed by atoms with E-state index in [1.807, 2.05) is 0 Å². The molecule has 5 heavy (non-hydrogen) atoms. The van der Waals surface area contributed by atoms with Gasteiger partial charge < -0.3 is 0 Å². The SMILES string of the molecule is O=C=NF.P. The van der Waals surface area contributed by atoms with E-state index in [2.05, 4.69) is 0 Å². The number of isocyanates is 1. The van der Waals surface area contributed by atoms with E-state index >= 15 is 0 Å². The Balaban J connectivity index is 0. The van der Waals surface area contributed by atoms with Crippen molar-refractivity contribution in [2.45, 2.75) is 0 Å². The van der Waals surface area contributed by atoms with Crippen molar-refractivity contribution in [2.24, 2.45) is 5.21 Å². The number of carbonyl (C=O) groups excluding carboxylic acids is 1. The Morgan fingerprint density at radius 2 is 2.00 bits per heavy atom. The van der Waals surface area contributed by atoms with Gasteiger partial charge in [0.25, 0.3) is 6.08 Å². The van der Waals surface area contributed by atoms with Crippen molar-refractivity contribution in [1.82, 2.24) is 0 Å². The van der Waals surface area contributed by atoms with Crippen LogP contribution in [-0.2, 0) is 4.79 Å². The molecule has 0 aliphatic rings. The van der Waals surface area contributed by atoms with Crippen LogP contribution in [0.1, 0.15) is 0 Å². The zero-order valence-electron chi connectivity index (χ0n) is 2.44. The molecule has 0 rings (SSSR count). The summed E-state index contributed by atoms with van der Waals surface area (Å²) in [5.41, 5.74) is 0. The first-order chi connectivity index (χ1) is 1.91. The van der Waals surface area contributed by atoms with Gasteiger partial charge in [0.1, 0.15) is 0 Å². The average molecular weight is 95.0 g/mol. The van der Waals surface area contributed by atoms with Gasteiger partial charge >= 0.3 is 0 Å². The van der Waals surface area contributed by atoms with E-state index in [4.69, 9.17) is 4.79 Å². The largest absolute Gasteiger partial charge is 0.269 e. The van der Waals surface area contributed by atoms with E-state index in [-0.39, 0.29) is 9.90 Å². The molecule has 1 unspecified atom stereocenters. The third-order valence-electron chi connectivity index (χ3n) is 0.0345. The lowest BCUT2D eigenvalue weighted by molar-refractivity contribution is 0.501. The third-order valence-corrected chi connectivity index (χ3v) is 0.0345. The second-order valence-electron chi connectivity index (χ2n) is 0.176. The lowest BCUT2D eigenvalue weighted by atomic mass is 11.7. The normalized spacial score (nSPS) is 3.40. The smallest absolute Gasteiger partial charge is 0.209 e. The molecule has 0 saturated heterocycles. The van der Waals surface area contributed by atoms with E-state index in [0.717, 1.165) is 0 Å². The average Bonchev–Trinajstić information content (AvgIpc) is 1.37. The van der Waals surface area contributed by atoms with Gasteiger partial charge in [-0.05, 0) is 0 Å². The summed E-state index contributed by atoms with van der Waals surface area (Å²) in [5.74, 6) is 0. The monoisotopic (exact) mass is 95.0 g/mol. The van der Waals surface area contributed by atoms with Crippen LogP contribution in [0.15, 0.2) is 5.21 Å². The van der Waals surface area contributed by atoms with Gasteiger partial charge in [-0.2, -0.15) is 9.90 Å². The van der Waals surface area contributed by atoms with Crippen molar-refractivity contribution in [2.75, 3.05) is 0 Å². The fourth-order valence-corrected chi connectivity index (χ4v) is 0. The summed E-state index contributed by atoms with van der Waals surface area (Å²) in [6.07, 6.45) is 0.639. The Bertz CT molecular complexity index is 49.6. The van der Waals surface area contributed by atoms with Crippen LogP contribution in [0.4, 0.5) is 4.48 Å². The molecule has 0 aromatic rings. The number of hydrogen-bond acceptors (Lipinski definition) is 2. The molecule has 0 aromatic carbocycles. The van der Waals surface area contributed by atoms with Crippen molar-refractivity contribution >= 4 is 16.0 Å². The van der Waals surface area contributed by atoms with Gasteiger partial charge in [0.2, 0.25) is 0 Å². The van der Waals surface area contributed by atoms with Crippen LogP contribution in [-0.4, -0.2) is 6.08 Å². The van der Waals surface area contributed by atoms with E-state index < -0.39 is 0 Å². The lowest BCUT2D eigenvalue weighted by Crippen LogP contribution is -1.28. The summed E-state index contributed by atoms with van der Waals surface area (Å²) in [7, 11) is 0. The number of rotatable bonds is 0. The number of hydrogen-bond donors (Lipinski definition) is 0. The molecule has 30 valence electrons. The Hall–Kier alpha value is -0.260. The van der Waals surface area contributed by atoms with E-state index in [9.17, 15) is 4.48 Å². The highest BCUT2D eigenvalue weighted by Gasteiger charge is 1.36. The van der Waals surface area contributed by atoms with Gasteiger partial charge in [0.05, 0.1) is 0 Å². The number of halogens is 1. The van der Waals surface area contributed by atoms with Crippen molar-refractivity contribution in [3.05, 3.63) is 0 Å². The first-order valence-corrected chi connectivity index (χ1v) is 0.597. The second-order valence-corrected chi connectivity index (χ2v) is 0.176. The molecule has 0 amide bonds. The molecule has 0 aromatic heterocycles. The molecule has 0 radical (unpaired) electrons. The van der Waals surface area contributed by atoms with Crippen molar-refractivity contribution < 1.29 is 9.28 Å². The second kappa shape index (κ2) is 9.27. The summed E-state index contributed by atoms with van der Waals surface area (Å²) in [6, 6.07) is 0. The van der Waals surface area contributed by atoms with E-state index in [1.165, 1.54) is 5.21 Å². The van der Waals surface area contributed by atoms with Gasteiger partial charge in [0.15, 0.2) is 0 Å². The van der Waals surface area contributed by atoms with Crippen LogP contribution < -0.4 is 0 Å². The molecule has 0 fully saturated rings. The first kappa shape index (κ1) is 8.83. The minimum atomic E-state index is 0. The topological polar surface area (TPSA) is 29.4 Å². The highest BCUT2D eigenvalue weighted by molar-refractivity contribution is 6.92. The van der Waals surface area contributed by atoms with Crippen LogP contribution in [0.5, 0.6) is 0 Å². The summed E-state index contributed by atoms with van der Waals surface area (Å²) in [4.78, 5) is 8.51. The number of nitrogens with zero attached hydrogens (tertiary/aromatic N) is 1. The molecule has 4 heteroatoms. The maximum absolute atomic E-state index is 9.92. The molecular formula is CH3FNOP. The van der Waals surface area contributed by atoms with Crippen LogP contribution >= 0.6 is 9.90 Å². The van der Waals surface area contributed by atoms with E-state index in [1.54, 1.807) is 0 Å². The fourth-order valence-electron chi connectivity index (χ4n) is 0. The summed E-state index contributed by atoms with van der Waals surface area (Å²) < 4.78 is 9.92. The molecule has 0 bridgehead atoms. The minimum absolute atomic E-state index is 0. The third kappa shape index (κ3) is 20.7. The predicted octanol–water partition coefficient (Wildman–Crippen LogP) is 0.265. The van der Waals surface area contributed by atoms with Gasteiger partial charge in [-0.25, -0.2) is 4.79 Å². The van der Waals surface area contributed by atoms with Gasteiger partial charge in [-0.15, -0.1) is 0 Å². The van der Waals surface area contributed by atoms with Crippen LogP contribution in [0.25, 0.3) is 0 Å². The summed E-state index contributed by atoms with van der Waals surface area (Å²) in [5, 5.41) is 1.43. The van der Waals surface area contributed by atoms with Gasteiger partial charge in [-0.3, -0.25) is 0 Å². The molecule has 2 nitrogen and oxygen atoms in total. The van der Waals surface area contributed by atoms with Crippen LogP contribution in [0.2, 0.25) is 0 Å². The lowest BCUT2D eigenvalue weighted by Gasteiger charge is -1.28. The molecule has 0 heterocycles. The Morgan fingerprint density at radius 3 is 2.00 bits per heavy atom. The Morgan fingerprint density at radius 1 is 1.80 bits per heavy atom. The maximum Gasteiger partial charge on any atom is 0.269 e. The highest BCUT2D eigenvalue weighted by Crippen LogP contribution is 1.48. The molecule has 0 spiro atoms. The molecule has 0 aliphatic heterocycles. The summed E-state index contributed by atoms with van der Waals surface area (Å²) in [6.45, 7) is 0. The summed E-state index contributed by atoms with van der Waals surface area (Å²) >= 11 is 0. The van der Waals surface area contributed by atoms with Crippen LogP contribution in [0, 0.1) is 0 Å².